The number of aromatic nitrogens is 1. The van der Waals surface area contributed by atoms with Crippen LogP contribution >= 0.6 is 11.3 Å². The summed E-state index contributed by atoms with van der Waals surface area (Å²) in [5.41, 5.74) is 1.16. The molecule has 102 valence electrons. The first-order chi connectivity index (χ1) is 8.61. The summed E-state index contributed by atoms with van der Waals surface area (Å²) >= 11 is 1.77. The second-order valence-electron chi connectivity index (χ2n) is 5.31. The lowest BCUT2D eigenvalue weighted by Gasteiger charge is -2.22. The van der Waals surface area contributed by atoms with E-state index in [-0.39, 0.29) is 0 Å². The average molecular weight is 268 g/mol. The summed E-state index contributed by atoms with van der Waals surface area (Å²) in [6.07, 6.45) is 0. The highest BCUT2D eigenvalue weighted by atomic mass is 32.1. The maximum absolute atomic E-state index is 4.72. The summed E-state index contributed by atoms with van der Waals surface area (Å²) in [5.74, 6) is 0.709. The molecule has 1 aliphatic rings. The smallest absolute Gasteiger partial charge is 0.185 e. The molecule has 1 fully saturated rings. The molecule has 0 amide bonds. The quantitative estimate of drug-likeness (QED) is 0.880. The van der Waals surface area contributed by atoms with Gasteiger partial charge in [0.1, 0.15) is 0 Å². The van der Waals surface area contributed by atoms with E-state index in [1.807, 2.05) is 0 Å². The monoisotopic (exact) mass is 268 g/mol. The average Bonchev–Trinajstić information content (AvgIpc) is 2.92. The number of hydrogen-bond acceptors (Lipinski definition) is 5. The van der Waals surface area contributed by atoms with Crippen molar-refractivity contribution in [1.82, 2.24) is 15.2 Å². The van der Waals surface area contributed by atoms with Crippen LogP contribution in [0.2, 0.25) is 0 Å². The van der Waals surface area contributed by atoms with Crippen molar-refractivity contribution < 1.29 is 0 Å². The molecule has 0 aromatic carbocycles. The van der Waals surface area contributed by atoms with Gasteiger partial charge >= 0.3 is 0 Å². The SMILES string of the molecule is CCNCc1csc(N2CC(C)C(N(C)C)C2)n1. The third-order valence-electron chi connectivity index (χ3n) is 3.60. The van der Waals surface area contributed by atoms with E-state index < -0.39 is 0 Å². The molecule has 0 saturated carbocycles. The van der Waals surface area contributed by atoms with Gasteiger partial charge in [-0.05, 0) is 26.6 Å². The first-order valence-corrected chi connectivity index (χ1v) is 7.56. The van der Waals surface area contributed by atoms with Crippen LogP contribution in [-0.4, -0.2) is 49.7 Å². The van der Waals surface area contributed by atoms with Gasteiger partial charge in [0.25, 0.3) is 0 Å². The Balaban J connectivity index is 1.98. The molecule has 1 N–H and O–H groups in total. The molecular formula is C13H24N4S. The fourth-order valence-corrected chi connectivity index (χ4v) is 3.40. The largest absolute Gasteiger partial charge is 0.346 e. The van der Waals surface area contributed by atoms with Crippen LogP contribution in [0.25, 0.3) is 0 Å². The fraction of sp³-hybridized carbons (Fsp3) is 0.769. The van der Waals surface area contributed by atoms with E-state index in [1.54, 1.807) is 11.3 Å². The van der Waals surface area contributed by atoms with E-state index in [9.17, 15) is 0 Å². The Kier molecular flexibility index (Phi) is 4.59. The second kappa shape index (κ2) is 5.99. The van der Waals surface area contributed by atoms with Crippen LogP contribution in [0.3, 0.4) is 0 Å². The Morgan fingerprint density at radius 2 is 2.28 bits per heavy atom. The van der Waals surface area contributed by atoms with Gasteiger partial charge in [-0.25, -0.2) is 4.98 Å². The van der Waals surface area contributed by atoms with Gasteiger partial charge in [-0.2, -0.15) is 0 Å². The molecule has 5 heteroatoms. The molecule has 2 rings (SSSR count). The number of rotatable bonds is 5. The zero-order valence-corrected chi connectivity index (χ0v) is 12.6. The van der Waals surface area contributed by atoms with Gasteiger partial charge in [-0.15, -0.1) is 11.3 Å². The number of anilines is 1. The number of nitrogens with one attached hydrogen (secondary N) is 1. The van der Waals surface area contributed by atoms with Gasteiger partial charge in [-0.1, -0.05) is 13.8 Å². The van der Waals surface area contributed by atoms with Crippen LogP contribution in [-0.2, 0) is 6.54 Å². The van der Waals surface area contributed by atoms with Crippen LogP contribution in [0.5, 0.6) is 0 Å². The minimum absolute atomic E-state index is 0.645. The van der Waals surface area contributed by atoms with Crippen LogP contribution < -0.4 is 10.2 Å². The van der Waals surface area contributed by atoms with Gasteiger partial charge in [0.15, 0.2) is 5.13 Å². The Morgan fingerprint density at radius 3 is 2.89 bits per heavy atom. The topological polar surface area (TPSA) is 31.4 Å². The van der Waals surface area contributed by atoms with Gasteiger partial charge in [0, 0.05) is 31.1 Å². The van der Waals surface area contributed by atoms with Crippen LogP contribution in [0, 0.1) is 5.92 Å². The van der Waals surface area contributed by atoms with Gasteiger partial charge < -0.3 is 15.1 Å². The molecule has 2 atom stereocenters. The standard InChI is InChI=1S/C13H24N4S/c1-5-14-6-11-9-18-13(15-11)17-7-10(2)12(8-17)16(3)4/h9-10,12,14H,5-8H2,1-4H3. The maximum atomic E-state index is 4.72. The third kappa shape index (κ3) is 3.02. The van der Waals surface area contributed by atoms with Crippen molar-refractivity contribution in [3.05, 3.63) is 11.1 Å². The molecule has 2 heterocycles. The van der Waals surface area contributed by atoms with Crippen LogP contribution in [0.4, 0.5) is 5.13 Å². The molecule has 1 aromatic rings. The lowest BCUT2D eigenvalue weighted by molar-refractivity contribution is 0.266. The molecule has 0 aliphatic carbocycles. The third-order valence-corrected chi connectivity index (χ3v) is 4.55. The van der Waals surface area contributed by atoms with E-state index >= 15 is 0 Å². The zero-order valence-electron chi connectivity index (χ0n) is 11.8. The number of thiazole rings is 1. The molecule has 18 heavy (non-hydrogen) atoms. The Bertz CT molecular complexity index is 377. The molecule has 1 saturated heterocycles. The summed E-state index contributed by atoms with van der Waals surface area (Å²) in [6, 6.07) is 0.645. The highest BCUT2D eigenvalue weighted by molar-refractivity contribution is 7.13. The van der Waals surface area contributed by atoms with Crippen molar-refractivity contribution in [2.75, 3.05) is 38.6 Å². The predicted molar refractivity (Wildman–Crippen MR) is 78.3 cm³/mol. The number of hydrogen-bond donors (Lipinski definition) is 1. The molecule has 0 bridgehead atoms. The molecule has 0 spiro atoms. The Hall–Kier alpha value is -0.650. The molecule has 4 nitrogen and oxygen atoms in total. The van der Waals surface area contributed by atoms with E-state index in [0.29, 0.717) is 12.0 Å². The normalized spacial score (nSPS) is 24.2. The molecule has 1 aromatic heterocycles. The van der Waals surface area contributed by atoms with Crippen molar-refractivity contribution in [3.63, 3.8) is 0 Å². The fourth-order valence-electron chi connectivity index (χ4n) is 2.55. The van der Waals surface area contributed by atoms with Crippen LogP contribution in [0.1, 0.15) is 19.5 Å². The van der Waals surface area contributed by atoms with Crippen molar-refractivity contribution in [2.45, 2.75) is 26.4 Å². The maximum Gasteiger partial charge on any atom is 0.185 e. The summed E-state index contributed by atoms with van der Waals surface area (Å²) < 4.78 is 0. The minimum atomic E-state index is 0.645. The Labute approximate surface area is 114 Å². The van der Waals surface area contributed by atoms with E-state index in [4.69, 9.17) is 4.98 Å². The minimum Gasteiger partial charge on any atom is -0.346 e. The van der Waals surface area contributed by atoms with E-state index in [1.165, 1.54) is 5.13 Å². The highest BCUT2D eigenvalue weighted by Gasteiger charge is 2.32. The predicted octanol–water partition coefficient (Wildman–Crippen LogP) is 1.64. The van der Waals surface area contributed by atoms with Crippen molar-refractivity contribution in [3.8, 4) is 0 Å². The highest BCUT2D eigenvalue weighted by Crippen LogP contribution is 2.28. The van der Waals surface area contributed by atoms with Crippen molar-refractivity contribution >= 4 is 16.5 Å². The van der Waals surface area contributed by atoms with E-state index in [0.717, 1.165) is 31.9 Å². The molecule has 0 radical (unpaired) electrons. The zero-order chi connectivity index (χ0) is 13.1. The van der Waals surface area contributed by atoms with Crippen molar-refractivity contribution in [1.29, 1.82) is 0 Å². The molecular weight excluding hydrogens is 244 g/mol. The van der Waals surface area contributed by atoms with Gasteiger partial charge in [0.05, 0.1) is 5.69 Å². The summed E-state index contributed by atoms with van der Waals surface area (Å²) in [6.45, 7) is 8.55. The summed E-state index contributed by atoms with van der Waals surface area (Å²) in [7, 11) is 4.34. The Morgan fingerprint density at radius 1 is 1.50 bits per heavy atom. The number of likely N-dealkylation sites (N-methyl/N-ethyl adjacent to an activating group) is 1. The lowest BCUT2D eigenvalue weighted by atomic mass is 10.1. The first kappa shape index (κ1) is 13.8. The van der Waals surface area contributed by atoms with Gasteiger partial charge in [0.2, 0.25) is 0 Å². The molecule has 2 unspecified atom stereocenters. The van der Waals surface area contributed by atoms with Gasteiger partial charge in [-0.3, -0.25) is 0 Å². The van der Waals surface area contributed by atoms with Crippen molar-refractivity contribution in [2.24, 2.45) is 5.92 Å². The molecule has 1 aliphatic heterocycles. The summed E-state index contributed by atoms with van der Waals surface area (Å²) in [5, 5.41) is 6.67. The van der Waals surface area contributed by atoms with E-state index in [2.05, 4.69) is 48.4 Å². The first-order valence-electron chi connectivity index (χ1n) is 6.68. The second-order valence-corrected chi connectivity index (χ2v) is 6.15. The number of nitrogens with zero attached hydrogens (tertiary/aromatic N) is 3. The lowest BCUT2D eigenvalue weighted by Crippen LogP contribution is -2.34. The van der Waals surface area contributed by atoms with Crippen LogP contribution in [0.15, 0.2) is 5.38 Å². The summed E-state index contributed by atoms with van der Waals surface area (Å²) in [4.78, 5) is 9.48.